The van der Waals surface area contributed by atoms with Crippen molar-refractivity contribution in [2.24, 2.45) is 0 Å². The zero-order valence-electron chi connectivity index (χ0n) is 14.4. The van der Waals surface area contributed by atoms with Gasteiger partial charge in [0.1, 0.15) is 24.7 Å². The fraction of sp³-hybridized carbons (Fsp3) is 0.300. The summed E-state index contributed by atoms with van der Waals surface area (Å²) < 4.78 is 11.7. The molecule has 0 amide bonds. The van der Waals surface area contributed by atoms with Crippen LogP contribution < -0.4 is 9.47 Å². The molecule has 3 N–H and O–H groups in total. The van der Waals surface area contributed by atoms with E-state index in [4.69, 9.17) is 14.6 Å². The van der Waals surface area contributed by atoms with Crippen LogP contribution in [0.15, 0.2) is 47.4 Å². The first kappa shape index (κ1) is 18.8. The van der Waals surface area contributed by atoms with Gasteiger partial charge in [0.2, 0.25) is 0 Å². The molecule has 0 aliphatic carbocycles. The Balaban J connectivity index is 2.25. The Morgan fingerprint density at radius 3 is 1.85 bits per heavy atom. The van der Waals surface area contributed by atoms with Crippen LogP contribution in [0.2, 0.25) is 0 Å². The highest BCUT2D eigenvalue weighted by Crippen LogP contribution is 2.43. The number of aliphatic hydroxyl groups is 3. The van der Waals surface area contributed by atoms with Crippen LogP contribution in [0.25, 0.3) is 21.5 Å². The largest absolute Gasteiger partial charge is 0.490 e. The zero-order chi connectivity index (χ0) is 18.4. The number of benzene rings is 3. The molecular weight excluding hydrogens is 352 g/mol. The molecule has 3 aromatic rings. The van der Waals surface area contributed by atoms with Gasteiger partial charge in [-0.2, -0.15) is 0 Å². The number of fused-ring (bicyclic) bond motifs is 2. The number of aliphatic hydroxyl groups excluding tert-OH is 3. The third-order valence-electron chi connectivity index (χ3n) is 3.93. The minimum absolute atomic E-state index is 0.0664. The highest BCUT2D eigenvalue weighted by molar-refractivity contribution is 7.99. The van der Waals surface area contributed by atoms with E-state index in [1.165, 1.54) is 0 Å². The maximum atomic E-state index is 9.20. The second-order valence-corrected chi connectivity index (χ2v) is 6.80. The van der Waals surface area contributed by atoms with E-state index in [1.807, 2.05) is 42.5 Å². The molecule has 3 aromatic carbocycles. The van der Waals surface area contributed by atoms with Crippen LogP contribution in [0.1, 0.15) is 0 Å². The van der Waals surface area contributed by atoms with E-state index >= 15 is 0 Å². The molecule has 5 nitrogen and oxygen atoms in total. The summed E-state index contributed by atoms with van der Waals surface area (Å²) in [6, 6.07) is 13.8. The number of hydrogen-bond acceptors (Lipinski definition) is 6. The molecule has 0 saturated carbocycles. The number of hydrogen-bond donors (Lipinski definition) is 3. The Morgan fingerprint density at radius 2 is 1.27 bits per heavy atom. The fourth-order valence-electron chi connectivity index (χ4n) is 2.94. The third kappa shape index (κ3) is 3.88. The quantitative estimate of drug-likeness (QED) is 0.395. The molecule has 3 rings (SSSR count). The summed E-state index contributed by atoms with van der Waals surface area (Å²) in [5, 5.41) is 31.0. The van der Waals surface area contributed by atoms with E-state index < -0.39 is 0 Å². The van der Waals surface area contributed by atoms with Crippen molar-refractivity contribution >= 4 is 33.3 Å². The number of rotatable bonds is 9. The van der Waals surface area contributed by atoms with Crippen molar-refractivity contribution < 1.29 is 24.8 Å². The fourth-order valence-corrected chi connectivity index (χ4v) is 3.63. The summed E-state index contributed by atoms with van der Waals surface area (Å²) in [4.78, 5) is 1.02. The van der Waals surface area contributed by atoms with Crippen LogP contribution in [0, 0.1) is 0 Å². The van der Waals surface area contributed by atoms with Crippen LogP contribution in [0.4, 0.5) is 0 Å². The molecule has 0 atom stereocenters. The van der Waals surface area contributed by atoms with Gasteiger partial charge in [-0.1, -0.05) is 24.3 Å². The van der Waals surface area contributed by atoms with Crippen molar-refractivity contribution in [1.29, 1.82) is 0 Å². The van der Waals surface area contributed by atoms with Gasteiger partial charge in [0.15, 0.2) is 0 Å². The van der Waals surface area contributed by atoms with E-state index in [0.717, 1.165) is 26.4 Å². The lowest BCUT2D eigenvalue weighted by Crippen LogP contribution is -2.05. The van der Waals surface area contributed by atoms with E-state index in [0.29, 0.717) is 17.3 Å². The Bertz CT molecular complexity index is 881. The summed E-state index contributed by atoms with van der Waals surface area (Å²) in [7, 11) is 0. The van der Waals surface area contributed by atoms with Gasteiger partial charge in [-0.25, -0.2) is 0 Å². The van der Waals surface area contributed by atoms with E-state index in [9.17, 15) is 10.2 Å². The molecule has 0 aromatic heterocycles. The second kappa shape index (κ2) is 9.09. The average molecular weight is 374 g/mol. The molecule has 0 bridgehead atoms. The van der Waals surface area contributed by atoms with Gasteiger partial charge in [-0.05, 0) is 18.2 Å². The monoisotopic (exact) mass is 374 g/mol. The van der Waals surface area contributed by atoms with Gasteiger partial charge in [0, 0.05) is 32.2 Å². The van der Waals surface area contributed by atoms with Crippen LogP contribution in [0.3, 0.4) is 0 Å². The van der Waals surface area contributed by atoms with Crippen molar-refractivity contribution in [3.8, 4) is 11.5 Å². The molecule has 6 heteroatoms. The van der Waals surface area contributed by atoms with Gasteiger partial charge < -0.3 is 24.8 Å². The molecule has 0 saturated heterocycles. The summed E-state index contributed by atoms with van der Waals surface area (Å²) in [5.41, 5.74) is 0. The topological polar surface area (TPSA) is 79.2 Å². The van der Waals surface area contributed by atoms with Gasteiger partial charge >= 0.3 is 0 Å². The minimum atomic E-state index is -0.0719. The lowest BCUT2D eigenvalue weighted by Gasteiger charge is -2.18. The van der Waals surface area contributed by atoms with Gasteiger partial charge in [0.25, 0.3) is 0 Å². The Morgan fingerprint density at radius 1 is 0.692 bits per heavy atom. The molecule has 138 valence electrons. The smallest absolute Gasteiger partial charge is 0.135 e. The van der Waals surface area contributed by atoms with E-state index in [1.54, 1.807) is 11.8 Å². The van der Waals surface area contributed by atoms with Crippen molar-refractivity contribution in [2.45, 2.75) is 4.90 Å². The molecule has 0 aliphatic rings. The maximum absolute atomic E-state index is 9.20. The number of thioether (sulfide) groups is 1. The Labute approximate surface area is 156 Å². The minimum Gasteiger partial charge on any atom is -0.490 e. The van der Waals surface area contributed by atoms with Crippen LogP contribution in [0.5, 0.6) is 11.5 Å². The summed E-state index contributed by atoms with van der Waals surface area (Å²) in [5.74, 6) is 2.02. The van der Waals surface area contributed by atoms with Crippen molar-refractivity contribution in [2.75, 3.05) is 38.8 Å². The predicted octanol–water partition coefficient (Wildman–Crippen LogP) is 2.82. The second-order valence-electron chi connectivity index (χ2n) is 5.63. The van der Waals surface area contributed by atoms with Crippen LogP contribution in [-0.2, 0) is 0 Å². The summed E-state index contributed by atoms with van der Waals surface area (Å²) in [6.45, 7) is 0.376. The highest BCUT2D eigenvalue weighted by Gasteiger charge is 2.16. The van der Waals surface area contributed by atoms with Gasteiger partial charge in [0.05, 0.1) is 19.8 Å². The zero-order valence-corrected chi connectivity index (χ0v) is 15.2. The lowest BCUT2D eigenvalue weighted by molar-refractivity contribution is 0.202. The molecule has 26 heavy (non-hydrogen) atoms. The average Bonchev–Trinajstić information content (AvgIpc) is 2.68. The number of ether oxygens (including phenoxy) is 2. The molecule has 0 heterocycles. The molecule has 0 spiro atoms. The molecule has 0 radical (unpaired) electrons. The summed E-state index contributed by atoms with van der Waals surface area (Å²) in [6.07, 6.45) is 0. The first-order valence-electron chi connectivity index (χ1n) is 8.49. The van der Waals surface area contributed by atoms with Crippen LogP contribution >= 0.6 is 11.8 Å². The first-order chi connectivity index (χ1) is 12.8. The lowest BCUT2D eigenvalue weighted by atomic mass is 10.0. The standard InChI is InChI=1S/C20H22O5S/c21-7-10-24-19-15-3-1-2-4-16(15)20(25-11-8-22)18-13-14(26-12-9-23)5-6-17(18)19/h1-6,13,21-23H,7-12H2. The first-order valence-corrected chi connectivity index (χ1v) is 9.48. The Hall–Kier alpha value is -1.99. The van der Waals surface area contributed by atoms with E-state index in [-0.39, 0.29) is 33.0 Å². The van der Waals surface area contributed by atoms with Crippen molar-refractivity contribution in [1.82, 2.24) is 0 Å². The van der Waals surface area contributed by atoms with Gasteiger partial charge in [-0.3, -0.25) is 0 Å². The molecule has 0 fully saturated rings. The molecular formula is C20H22O5S. The Kier molecular flexibility index (Phi) is 6.57. The van der Waals surface area contributed by atoms with Gasteiger partial charge in [-0.15, -0.1) is 11.8 Å². The van der Waals surface area contributed by atoms with Crippen LogP contribution in [-0.4, -0.2) is 54.1 Å². The molecule has 0 unspecified atom stereocenters. The normalized spacial score (nSPS) is 11.2. The van der Waals surface area contributed by atoms with E-state index in [2.05, 4.69) is 0 Å². The predicted molar refractivity (Wildman–Crippen MR) is 104 cm³/mol. The molecule has 0 aliphatic heterocycles. The summed E-state index contributed by atoms with van der Waals surface area (Å²) >= 11 is 1.56. The maximum Gasteiger partial charge on any atom is 0.135 e. The highest BCUT2D eigenvalue weighted by atomic mass is 32.2. The SMILES string of the molecule is OCCOc1c2ccccc2c(OCCO)c2cc(SCCO)ccc12. The van der Waals surface area contributed by atoms with Crippen molar-refractivity contribution in [3.05, 3.63) is 42.5 Å². The third-order valence-corrected chi connectivity index (χ3v) is 4.91. The van der Waals surface area contributed by atoms with Crippen molar-refractivity contribution in [3.63, 3.8) is 0 Å².